The first-order valence-electron chi connectivity index (χ1n) is 11.4. The second kappa shape index (κ2) is 9.87. The maximum Gasteiger partial charge on any atom is 0.426 e. The van der Waals surface area contributed by atoms with E-state index < -0.39 is 84.2 Å². The summed E-state index contributed by atoms with van der Waals surface area (Å²) in [5.74, 6) is -3.41. The largest absolute Gasteiger partial charge is 0.426 e. The van der Waals surface area contributed by atoms with Gasteiger partial charge in [0.05, 0.1) is 23.8 Å². The van der Waals surface area contributed by atoms with E-state index in [2.05, 4.69) is 15.4 Å². The van der Waals surface area contributed by atoms with Crippen LogP contribution in [0.5, 0.6) is 0 Å². The summed E-state index contributed by atoms with van der Waals surface area (Å²) in [6.07, 6.45) is -11.4. The molecular weight excluding hydrogens is 560 g/mol. The van der Waals surface area contributed by atoms with Crippen molar-refractivity contribution in [3.63, 3.8) is 0 Å². The lowest BCUT2D eigenvalue weighted by Crippen LogP contribution is -2.56. The maximum atomic E-state index is 14.6. The van der Waals surface area contributed by atoms with Crippen molar-refractivity contribution in [1.29, 1.82) is 0 Å². The lowest BCUT2D eigenvalue weighted by atomic mass is 10.0. The standard InChI is InChI=1S/C23H20F8N6O3/c1-21(40,23(29,30)31)20(39)36-7-14(25)15(8-36)35-19(38)12-4-10(2-3-11(12)6-24)16-5-13(22(26,27)28)17-18(32)33-9-34-37(16)17/h2-5,9,14-15,40H,6-8H2,1H3,(H,35,38)(H2,32,33,34)/t14-,15+,21+/m0/s1. The number of amides is 2. The van der Waals surface area contributed by atoms with Crippen LogP contribution in [0.25, 0.3) is 16.8 Å². The predicted molar refractivity (Wildman–Crippen MR) is 122 cm³/mol. The summed E-state index contributed by atoms with van der Waals surface area (Å²) in [5, 5.41) is 15.6. The third-order valence-electron chi connectivity index (χ3n) is 6.50. The van der Waals surface area contributed by atoms with Crippen LogP contribution in [0.2, 0.25) is 0 Å². The Balaban J connectivity index is 1.65. The number of nitrogen functional groups attached to an aromatic ring is 1. The topological polar surface area (TPSA) is 126 Å². The molecule has 0 unspecified atom stereocenters. The molecule has 0 spiro atoms. The van der Waals surface area contributed by atoms with E-state index in [1.165, 1.54) is 6.07 Å². The van der Waals surface area contributed by atoms with Crippen LogP contribution in [0.4, 0.5) is 40.9 Å². The molecule has 4 rings (SSSR count). The first-order valence-corrected chi connectivity index (χ1v) is 11.4. The summed E-state index contributed by atoms with van der Waals surface area (Å²) in [6, 6.07) is 2.54. The predicted octanol–water partition coefficient (Wildman–Crippen LogP) is 3.06. The smallest absolute Gasteiger partial charge is 0.382 e. The van der Waals surface area contributed by atoms with Gasteiger partial charge in [0.2, 0.25) is 5.60 Å². The van der Waals surface area contributed by atoms with Gasteiger partial charge in [-0.2, -0.15) is 31.4 Å². The minimum Gasteiger partial charge on any atom is -0.382 e. The molecule has 0 aliphatic carbocycles. The monoisotopic (exact) mass is 580 g/mol. The second-order valence-electron chi connectivity index (χ2n) is 9.23. The van der Waals surface area contributed by atoms with Gasteiger partial charge in [0, 0.05) is 17.7 Å². The van der Waals surface area contributed by atoms with Gasteiger partial charge in [0.25, 0.3) is 11.8 Å². The molecule has 2 amide bonds. The van der Waals surface area contributed by atoms with E-state index in [0.717, 1.165) is 23.0 Å². The zero-order valence-corrected chi connectivity index (χ0v) is 20.3. The Bertz CT molecular complexity index is 1470. The van der Waals surface area contributed by atoms with Crippen molar-refractivity contribution in [1.82, 2.24) is 24.8 Å². The molecule has 1 aliphatic rings. The number of aromatic nitrogens is 3. The van der Waals surface area contributed by atoms with Crippen LogP contribution in [0.15, 0.2) is 30.6 Å². The van der Waals surface area contributed by atoms with Crippen molar-refractivity contribution >= 4 is 23.1 Å². The Kier molecular flexibility index (Phi) is 7.15. The van der Waals surface area contributed by atoms with Gasteiger partial charge in [-0.1, -0.05) is 12.1 Å². The highest BCUT2D eigenvalue weighted by atomic mass is 19.4. The van der Waals surface area contributed by atoms with Gasteiger partial charge in [0.15, 0.2) is 5.82 Å². The van der Waals surface area contributed by atoms with Crippen molar-refractivity contribution in [3.05, 3.63) is 47.3 Å². The number of likely N-dealkylation sites (tertiary alicyclic amines) is 1. The van der Waals surface area contributed by atoms with E-state index >= 15 is 0 Å². The van der Waals surface area contributed by atoms with Crippen LogP contribution in [-0.2, 0) is 17.6 Å². The number of aliphatic hydroxyl groups is 1. The van der Waals surface area contributed by atoms with Crippen molar-refractivity contribution in [2.45, 2.75) is 43.8 Å². The molecule has 3 heterocycles. The zero-order valence-electron chi connectivity index (χ0n) is 20.3. The number of hydrogen-bond donors (Lipinski definition) is 3. The fourth-order valence-corrected chi connectivity index (χ4v) is 4.29. The van der Waals surface area contributed by atoms with E-state index in [0.29, 0.717) is 11.0 Å². The normalized spacial score (nSPS) is 19.6. The molecule has 17 heteroatoms. The van der Waals surface area contributed by atoms with Crippen molar-refractivity contribution in [3.8, 4) is 11.3 Å². The van der Waals surface area contributed by atoms with Gasteiger partial charge in [-0.25, -0.2) is 18.3 Å². The van der Waals surface area contributed by atoms with E-state index in [-0.39, 0.29) is 23.7 Å². The Morgan fingerprint density at radius 3 is 2.42 bits per heavy atom. The maximum absolute atomic E-state index is 14.6. The zero-order chi connectivity index (χ0) is 29.8. The summed E-state index contributed by atoms with van der Waals surface area (Å²) in [7, 11) is 0. The van der Waals surface area contributed by atoms with E-state index in [4.69, 9.17) is 5.73 Å². The minimum atomic E-state index is -5.35. The number of benzene rings is 1. The summed E-state index contributed by atoms with van der Waals surface area (Å²) in [5.41, 5.74) is -0.770. The van der Waals surface area contributed by atoms with Gasteiger partial charge in [-0.15, -0.1) is 0 Å². The number of alkyl halides is 8. The molecule has 0 saturated carbocycles. The number of rotatable bonds is 5. The fourth-order valence-electron chi connectivity index (χ4n) is 4.29. The van der Waals surface area contributed by atoms with Gasteiger partial charge < -0.3 is 21.1 Å². The number of carbonyl (C=O) groups excluding carboxylic acids is 2. The number of hydrogen-bond acceptors (Lipinski definition) is 6. The average Bonchev–Trinajstić information content (AvgIpc) is 3.44. The van der Waals surface area contributed by atoms with Crippen molar-refractivity contribution in [2.75, 3.05) is 18.8 Å². The Hall–Kier alpha value is -4.02. The third kappa shape index (κ3) is 5.00. The molecule has 1 saturated heterocycles. The van der Waals surface area contributed by atoms with Crippen LogP contribution in [0.3, 0.4) is 0 Å². The van der Waals surface area contributed by atoms with Gasteiger partial charge in [0.1, 0.15) is 24.7 Å². The number of fused-ring (bicyclic) bond motifs is 1. The van der Waals surface area contributed by atoms with Crippen LogP contribution in [0, 0.1) is 0 Å². The highest BCUT2D eigenvalue weighted by molar-refractivity contribution is 5.97. The molecule has 3 atom stereocenters. The van der Waals surface area contributed by atoms with Crippen LogP contribution >= 0.6 is 0 Å². The van der Waals surface area contributed by atoms with Crippen molar-refractivity contribution in [2.24, 2.45) is 0 Å². The SMILES string of the molecule is C[C@@](O)(C(=O)N1C[C@H](F)[C@H](NC(=O)c2cc(-c3cc(C(F)(F)F)c4c(N)ncnn34)ccc2CF)C1)C(F)(F)F. The first kappa shape index (κ1) is 29.0. The van der Waals surface area contributed by atoms with E-state index in [9.17, 15) is 49.8 Å². The van der Waals surface area contributed by atoms with Gasteiger partial charge in [-0.3, -0.25) is 9.59 Å². The summed E-state index contributed by atoms with van der Waals surface area (Å²) < 4.78 is 109. The molecule has 0 bridgehead atoms. The van der Waals surface area contributed by atoms with E-state index in [1.54, 1.807) is 0 Å². The number of nitrogens with one attached hydrogen (secondary N) is 1. The molecule has 1 aliphatic heterocycles. The average molecular weight is 580 g/mol. The summed E-state index contributed by atoms with van der Waals surface area (Å²) >= 11 is 0. The number of carbonyl (C=O) groups is 2. The number of halogens is 8. The highest BCUT2D eigenvalue weighted by Crippen LogP contribution is 2.39. The Labute approximate surface area is 219 Å². The molecule has 40 heavy (non-hydrogen) atoms. The lowest BCUT2D eigenvalue weighted by Gasteiger charge is -2.29. The Morgan fingerprint density at radius 1 is 1.15 bits per heavy atom. The third-order valence-corrected chi connectivity index (χ3v) is 6.50. The van der Waals surface area contributed by atoms with Crippen molar-refractivity contribution < 1.29 is 49.8 Å². The number of nitrogens with zero attached hydrogens (tertiary/aromatic N) is 4. The molecular formula is C23H20F8N6O3. The molecule has 1 fully saturated rings. The van der Waals surface area contributed by atoms with Gasteiger partial charge in [-0.05, 0) is 24.6 Å². The second-order valence-corrected chi connectivity index (χ2v) is 9.23. The molecule has 1 aromatic carbocycles. The van der Waals surface area contributed by atoms with Crippen LogP contribution in [-0.4, -0.2) is 73.5 Å². The highest BCUT2D eigenvalue weighted by Gasteiger charge is 2.58. The van der Waals surface area contributed by atoms with Crippen LogP contribution in [0.1, 0.15) is 28.4 Å². The number of nitrogens with two attached hydrogens (primary N) is 1. The quantitative estimate of drug-likeness (QED) is 0.399. The van der Waals surface area contributed by atoms with Gasteiger partial charge >= 0.3 is 12.4 Å². The first-order chi connectivity index (χ1) is 18.5. The summed E-state index contributed by atoms with van der Waals surface area (Å²) in [6.45, 7) is -2.61. The molecule has 216 valence electrons. The molecule has 0 radical (unpaired) electrons. The molecule has 9 nitrogen and oxygen atoms in total. The fraction of sp³-hybridized carbons (Fsp3) is 0.391. The Morgan fingerprint density at radius 2 is 1.82 bits per heavy atom. The lowest BCUT2D eigenvalue weighted by molar-refractivity contribution is -0.249. The van der Waals surface area contributed by atoms with E-state index in [1.807, 2.05) is 0 Å². The number of anilines is 1. The molecule has 4 N–H and O–H groups in total. The summed E-state index contributed by atoms with van der Waals surface area (Å²) in [4.78, 5) is 29.2. The van der Waals surface area contributed by atoms with Crippen LogP contribution < -0.4 is 11.1 Å². The minimum absolute atomic E-state index is 0.0350. The molecule has 2 aromatic heterocycles. The molecule has 3 aromatic rings.